The van der Waals surface area contributed by atoms with E-state index in [1.165, 1.54) is 5.56 Å². The van der Waals surface area contributed by atoms with Gasteiger partial charge in [-0.1, -0.05) is 6.07 Å². The van der Waals surface area contributed by atoms with Crippen LogP contribution in [0.2, 0.25) is 0 Å². The van der Waals surface area contributed by atoms with Crippen LogP contribution in [0, 0.1) is 0 Å². The number of piperazine rings is 1. The minimum atomic E-state index is 0.701. The number of nitrogens with one attached hydrogen (secondary N) is 2. The molecule has 0 bridgehead atoms. The molecule has 1 aliphatic heterocycles. The largest absolute Gasteiger partial charge is 0.342 e. The van der Waals surface area contributed by atoms with E-state index in [0.29, 0.717) is 6.42 Å². The summed E-state index contributed by atoms with van der Waals surface area (Å²) in [6, 6.07) is 10.6. The van der Waals surface area contributed by atoms with Crippen LogP contribution in [0.5, 0.6) is 0 Å². The van der Waals surface area contributed by atoms with E-state index in [1.807, 2.05) is 30.3 Å². The van der Waals surface area contributed by atoms with Gasteiger partial charge in [0.25, 0.3) is 0 Å². The molecule has 0 aliphatic carbocycles. The van der Waals surface area contributed by atoms with Gasteiger partial charge in [0.1, 0.15) is 5.82 Å². The third-order valence-corrected chi connectivity index (χ3v) is 5.41. The Labute approximate surface area is 169 Å². The maximum absolute atomic E-state index is 4.76. The molecule has 148 valence electrons. The minimum Gasteiger partial charge on any atom is -0.342 e. The summed E-state index contributed by atoms with van der Waals surface area (Å²) in [5.41, 5.74) is 6.61. The van der Waals surface area contributed by atoms with Crippen molar-refractivity contribution in [1.29, 1.82) is 0 Å². The molecule has 0 radical (unpaired) electrons. The Kier molecular flexibility index (Phi) is 4.83. The Morgan fingerprint density at radius 1 is 1.07 bits per heavy atom. The molecule has 1 fully saturated rings. The number of hydrogen-bond donors (Lipinski definition) is 2. The number of benzene rings is 1. The summed E-state index contributed by atoms with van der Waals surface area (Å²) in [6.07, 6.45) is 6.51. The van der Waals surface area contributed by atoms with Gasteiger partial charge in [-0.15, -0.1) is 0 Å². The summed E-state index contributed by atoms with van der Waals surface area (Å²) in [5.74, 6) is 0.940. The van der Waals surface area contributed by atoms with Crippen LogP contribution >= 0.6 is 0 Å². The van der Waals surface area contributed by atoms with E-state index >= 15 is 0 Å². The Hall–Kier alpha value is -3.03. The van der Waals surface area contributed by atoms with Gasteiger partial charge in [0.15, 0.2) is 0 Å². The molecule has 4 heterocycles. The summed E-state index contributed by atoms with van der Waals surface area (Å²) in [5, 5.41) is 7.66. The SMILES string of the molecule is Cn1cc(-c2ccc3nc(Cc4cc(CN5CCNCC5)ccn4)[nH]c3c2)cn1. The zero-order chi connectivity index (χ0) is 19.6. The number of pyridine rings is 1. The van der Waals surface area contributed by atoms with Crippen LogP contribution in [0.3, 0.4) is 0 Å². The van der Waals surface area contributed by atoms with Crippen LogP contribution in [0.1, 0.15) is 17.1 Å². The van der Waals surface area contributed by atoms with Gasteiger partial charge < -0.3 is 10.3 Å². The highest BCUT2D eigenvalue weighted by Gasteiger charge is 2.11. The lowest BCUT2D eigenvalue weighted by Crippen LogP contribution is -2.42. The fourth-order valence-electron chi connectivity index (χ4n) is 3.92. The highest BCUT2D eigenvalue weighted by atomic mass is 15.2. The quantitative estimate of drug-likeness (QED) is 0.550. The van der Waals surface area contributed by atoms with E-state index < -0.39 is 0 Å². The van der Waals surface area contributed by atoms with Crippen molar-refractivity contribution >= 4 is 11.0 Å². The number of rotatable bonds is 5. The van der Waals surface area contributed by atoms with Crippen LogP contribution in [0.15, 0.2) is 48.9 Å². The minimum absolute atomic E-state index is 0.701. The van der Waals surface area contributed by atoms with Gasteiger partial charge in [0.2, 0.25) is 0 Å². The van der Waals surface area contributed by atoms with Gasteiger partial charge in [0.05, 0.1) is 17.2 Å². The molecule has 7 heteroatoms. The smallest absolute Gasteiger partial charge is 0.113 e. The average Bonchev–Trinajstić information content (AvgIpc) is 3.34. The predicted octanol–water partition coefficient (Wildman–Crippen LogP) is 2.35. The summed E-state index contributed by atoms with van der Waals surface area (Å²) < 4.78 is 1.82. The van der Waals surface area contributed by atoms with Crippen molar-refractivity contribution in [3.05, 3.63) is 66.0 Å². The zero-order valence-corrected chi connectivity index (χ0v) is 16.6. The highest BCUT2D eigenvalue weighted by Crippen LogP contribution is 2.23. The van der Waals surface area contributed by atoms with Gasteiger partial charge in [0, 0.05) is 69.8 Å². The van der Waals surface area contributed by atoms with Crippen molar-refractivity contribution in [2.75, 3.05) is 26.2 Å². The number of fused-ring (bicyclic) bond motifs is 1. The second-order valence-electron chi connectivity index (χ2n) is 7.68. The topological polar surface area (TPSA) is 74.7 Å². The molecule has 4 aromatic rings. The first kappa shape index (κ1) is 18.0. The fraction of sp³-hybridized carbons (Fsp3) is 0.318. The molecule has 7 nitrogen and oxygen atoms in total. The van der Waals surface area contributed by atoms with E-state index in [2.05, 4.69) is 55.6 Å². The maximum Gasteiger partial charge on any atom is 0.113 e. The molecule has 3 aromatic heterocycles. The van der Waals surface area contributed by atoms with Crippen molar-refractivity contribution in [1.82, 2.24) is 34.9 Å². The molecular weight excluding hydrogens is 362 g/mol. The summed E-state index contributed by atoms with van der Waals surface area (Å²) in [7, 11) is 1.93. The molecule has 0 saturated carbocycles. The molecule has 0 atom stereocenters. The monoisotopic (exact) mass is 387 g/mol. The molecule has 0 unspecified atom stereocenters. The molecule has 1 aliphatic rings. The van der Waals surface area contributed by atoms with Gasteiger partial charge in [-0.3, -0.25) is 14.6 Å². The Morgan fingerprint density at radius 3 is 2.79 bits per heavy atom. The van der Waals surface area contributed by atoms with Crippen LogP contribution in [-0.4, -0.2) is 55.8 Å². The number of aromatic nitrogens is 5. The second-order valence-corrected chi connectivity index (χ2v) is 7.68. The number of imidazole rings is 1. The summed E-state index contributed by atoms with van der Waals surface area (Å²) in [4.78, 5) is 15.3. The van der Waals surface area contributed by atoms with Gasteiger partial charge in [-0.05, 0) is 35.4 Å². The van der Waals surface area contributed by atoms with E-state index in [0.717, 1.165) is 66.4 Å². The predicted molar refractivity (Wildman–Crippen MR) is 113 cm³/mol. The van der Waals surface area contributed by atoms with Gasteiger partial charge in [-0.2, -0.15) is 5.10 Å². The molecule has 0 spiro atoms. The molecular formula is C22H25N7. The molecule has 29 heavy (non-hydrogen) atoms. The molecule has 1 saturated heterocycles. The fourth-order valence-corrected chi connectivity index (χ4v) is 3.92. The normalized spacial score (nSPS) is 15.2. The van der Waals surface area contributed by atoms with E-state index in [-0.39, 0.29) is 0 Å². The molecule has 5 rings (SSSR count). The van der Waals surface area contributed by atoms with E-state index in [4.69, 9.17) is 4.98 Å². The lowest BCUT2D eigenvalue weighted by molar-refractivity contribution is 0.233. The van der Waals surface area contributed by atoms with Gasteiger partial charge >= 0.3 is 0 Å². The Morgan fingerprint density at radius 2 is 1.97 bits per heavy atom. The Balaban J connectivity index is 1.34. The molecule has 2 N–H and O–H groups in total. The first-order chi connectivity index (χ1) is 14.2. The average molecular weight is 387 g/mol. The number of nitrogens with zero attached hydrogens (tertiary/aromatic N) is 5. The lowest BCUT2D eigenvalue weighted by atomic mass is 10.1. The number of hydrogen-bond acceptors (Lipinski definition) is 5. The summed E-state index contributed by atoms with van der Waals surface area (Å²) >= 11 is 0. The Bertz CT molecular complexity index is 1120. The molecule has 1 aromatic carbocycles. The van der Waals surface area contributed by atoms with Crippen LogP contribution in [0.25, 0.3) is 22.2 Å². The second kappa shape index (κ2) is 7.77. The van der Waals surface area contributed by atoms with Crippen molar-refractivity contribution < 1.29 is 0 Å². The first-order valence-electron chi connectivity index (χ1n) is 10.1. The zero-order valence-electron chi connectivity index (χ0n) is 16.6. The number of aryl methyl sites for hydroxylation is 1. The van der Waals surface area contributed by atoms with Crippen LogP contribution in [0.4, 0.5) is 0 Å². The van der Waals surface area contributed by atoms with Crippen molar-refractivity contribution in [3.63, 3.8) is 0 Å². The number of H-pyrrole nitrogens is 1. The standard InChI is InChI=1S/C22H25N7/c1-28-15-18(13-25-28)17-2-3-20-21(11-17)27-22(26-20)12-19-10-16(4-5-24-19)14-29-8-6-23-7-9-29/h2-5,10-11,13,15,23H,6-9,12,14H2,1H3,(H,26,27). The third-order valence-electron chi connectivity index (χ3n) is 5.41. The molecule has 0 amide bonds. The lowest BCUT2D eigenvalue weighted by Gasteiger charge is -2.27. The van der Waals surface area contributed by atoms with E-state index in [9.17, 15) is 0 Å². The maximum atomic E-state index is 4.76. The first-order valence-corrected chi connectivity index (χ1v) is 10.1. The summed E-state index contributed by atoms with van der Waals surface area (Å²) in [6.45, 7) is 5.31. The van der Waals surface area contributed by atoms with Crippen molar-refractivity contribution in [2.24, 2.45) is 7.05 Å². The third kappa shape index (κ3) is 4.06. The van der Waals surface area contributed by atoms with Crippen molar-refractivity contribution in [3.8, 4) is 11.1 Å². The number of aromatic amines is 1. The van der Waals surface area contributed by atoms with Gasteiger partial charge in [-0.25, -0.2) is 4.98 Å². The van der Waals surface area contributed by atoms with Crippen LogP contribution in [-0.2, 0) is 20.0 Å². The van der Waals surface area contributed by atoms with Crippen molar-refractivity contribution in [2.45, 2.75) is 13.0 Å². The highest BCUT2D eigenvalue weighted by molar-refractivity contribution is 5.81. The van der Waals surface area contributed by atoms with E-state index in [1.54, 1.807) is 0 Å². The van der Waals surface area contributed by atoms with Crippen LogP contribution < -0.4 is 5.32 Å².